The van der Waals surface area contributed by atoms with E-state index in [9.17, 15) is 4.79 Å². The lowest BCUT2D eigenvalue weighted by molar-refractivity contribution is 0.208. The highest BCUT2D eigenvalue weighted by molar-refractivity contribution is 6.32. The van der Waals surface area contributed by atoms with Crippen molar-refractivity contribution in [1.82, 2.24) is 5.43 Å². The van der Waals surface area contributed by atoms with E-state index in [-0.39, 0.29) is 6.10 Å². The molecule has 0 aliphatic rings. The summed E-state index contributed by atoms with van der Waals surface area (Å²) < 4.78 is 16.4. The maximum atomic E-state index is 12.0. The van der Waals surface area contributed by atoms with Crippen molar-refractivity contribution >= 4 is 29.5 Å². The van der Waals surface area contributed by atoms with Crippen LogP contribution in [0.2, 0.25) is 5.02 Å². The topological polar surface area (TPSA) is 81.2 Å². The van der Waals surface area contributed by atoms with Gasteiger partial charge in [0.25, 0.3) is 0 Å². The second-order valence-corrected chi connectivity index (χ2v) is 6.30. The lowest BCUT2D eigenvalue weighted by Gasteiger charge is -2.17. The Morgan fingerprint density at radius 3 is 2.61 bits per heavy atom. The van der Waals surface area contributed by atoms with Gasteiger partial charge in [-0.2, -0.15) is 5.10 Å². The van der Waals surface area contributed by atoms with Crippen molar-refractivity contribution in [3.8, 4) is 17.2 Å². The summed E-state index contributed by atoms with van der Waals surface area (Å²) in [5.41, 5.74) is 3.58. The Labute approximate surface area is 169 Å². The SMILES string of the molecule is CCC(C)Oc1c(Cl)cc(C=NNC(=O)Nc2ccccc2OC)cc1OC. The van der Waals surface area contributed by atoms with E-state index in [1.165, 1.54) is 20.4 Å². The average Bonchev–Trinajstić information content (AvgIpc) is 2.69. The van der Waals surface area contributed by atoms with E-state index in [1.54, 1.807) is 30.3 Å². The third-order valence-corrected chi connectivity index (χ3v) is 4.16. The van der Waals surface area contributed by atoms with E-state index < -0.39 is 6.03 Å². The van der Waals surface area contributed by atoms with Crippen molar-refractivity contribution in [3.63, 3.8) is 0 Å². The molecule has 8 heteroatoms. The van der Waals surface area contributed by atoms with Crippen molar-refractivity contribution in [2.45, 2.75) is 26.4 Å². The van der Waals surface area contributed by atoms with E-state index in [4.69, 9.17) is 25.8 Å². The van der Waals surface area contributed by atoms with E-state index in [0.717, 1.165) is 6.42 Å². The predicted octanol–water partition coefficient (Wildman–Crippen LogP) is 4.69. The van der Waals surface area contributed by atoms with Crippen LogP contribution in [0, 0.1) is 0 Å². The van der Waals surface area contributed by atoms with Crippen LogP contribution in [0.15, 0.2) is 41.5 Å². The summed E-state index contributed by atoms with van der Waals surface area (Å²) >= 11 is 6.32. The molecule has 0 aliphatic heterocycles. The van der Waals surface area contributed by atoms with E-state index in [1.807, 2.05) is 19.9 Å². The number of anilines is 1. The minimum absolute atomic E-state index is 0.00579. The highest BCUT2D eigenvalue weighted by atomic mass is 35.5. The zero-order valence-corrected chi connectivity index (χ0v) is 17.0. The third kappa shape index (κ3) is 5.79. The average molecular weight is 406 g/mol. The fraction of sp³-hybridized carbons (Fsp3) is 0.300. The number of benzene rings is 2. The summed E-state index contributed by atoms with van der Waals surface area (Å²) in [6, 6.07) is 9.98. The molecule has 0 heterocycles. The number of hydrogen-bond acceptors (Lipinski definition) is 5. The van der Waals surface area contributed by atoms with Gasteiger partial charge in [0.15, 0.2) is 11.5 Å². The second-order valence-electron chi connectivity index (χ2n) is 5.90. The van der Waals surface area contributed by atoms with Crippen molar-refractivity contribution in [3.05, 3.63) is 47.0 Å². The fourth-order valence-corrected chi connectivity index (χ4v) is 2.54. The van der Waals surface area contributed by atoms with Gasteiger partial charge in [-0.3, -0.25) is 0 Å². The molecule has 0 aromatic heterocycles. The molecule has 0 bridgehead atoms. The molecule has 2 aromatic carbocycles. The first-order chi connectivity index (χ1) is 13.5. The Kier molecular flexibility index (Phi) is 7.95. The van der Waals surface area contributed by atoms with Crippen LogP contribution in [0.4, 0.5) is 10.5 Å². The molecule has 1 unspecified atom stereocenters. The largest absolute Gasteiger partial charge is 0.495 e. The zero-order chi connectivity index (χ0) is 20.5. The molecule has 2 rings (SSSR count). The van der Waals surface area contributed by atoms with Gasteiger partial charge in [-0.15, -0.1) is 0 Å². The minimum Gasteiger partial charge on any atom is -0.495 e. The number of methoxy groups -OCH3 is 2. The van der Waals surface area contributed by atoms with Gasteiger partial charge in [0, 0.05) is 0 Å². The molecule has 2 amide bonds. The number of ether oxygens (including phenoxy) is 3. The monoisotopic (exact) mass is 405 g/mol. The molecule has 0 fully saturated rings. The zero-order valence-electron chi connectivity index (χ0n) is 16.3. The number of amides is 2. The summed E-state index contributed by atoms with van der Waals surface area (Å²) in [4.78, 5) is 12.0. The molecule has 2 aromatic rings. The molecule has 2 N–H and O–H groups in total. The van der Waals surface area contributed by atoms with Gasteiger partial charge in [-0.05, 0) is 43.2 Å². The van der Waals surface area contributed by atoms with Crippen LogP contribution in [0.1, 0.15) is 25.8 Å². The number of para-hydroxylation sites is 2. The molecular weight excluding hydrogens is 382 g/mol. The van der Waals surface area contributed by atoms with Crippen LogP contribution >= 0.6 is 11.6 Å². The van der Waals surface area contributed by atoms with Crippen LogP contribution in [0.25, 0.3) is 0 Å². The number of halogens is 1. The summed E-state index contributed by atoms with van der Waals surface area (Å²) in [6.07, 6.45) is 2.31. The van der Waals surface area contributed by atoms with Crippen molar-refractivity contribution in [1.29, 1.82) is 0 Å². The van der Waals surface area contributed by atoms with E-state index in [2.05, 4.69) is 15.8 Å². The Morgan fingerprint density at radius 1 is 1.21 bits per heavy atom. The van der Waals surface area contributed by atoms with Crippen LogP contribution in [0.3, 0.4) is 0 Å². The number of carbonyl (C=O) groups excluding carboxylic acids is 1. The maximum absolute atomic E-state index is 12.0. The number of carbonyl (C=O) groups is 1. The smallest absolute Gasteiger partial charge is 0.339 e. The Hall–Kier alpha value is -2.93. The molecule has 0 aliphatic carbocycles. The van der Waals surface area contributed by atoms with Crippen molar-refractivity contribution in [2.75, 3.05) is 19.5 Å². The number of rotatable bonds is 8. The third-order valence-electron chi connectivity index (χ3n) is 3.88. The second kappa shape index (κ2) is 10.4. The highest BCUT2D eigenvalue weighted by Gasteiger charge is 2.14. The molecule has 1 atom stereocenters. The number of urea groups is 1. The molecule has 150 valence electrons. The van der Waals surface area contributed by atoms with Crippen molar-refractivity contribution in [2.24, 2.45) is 5.10 Å². The first kappa shape index (κ1) is 21.4. The number of hydrogen-bond donors (Lipinski definition) is 2. The van der Waals surface area contributed by atoms with Gasteiger partial charge in [0.2, 0.25) is 0 Å². The first-order valence-electron chi connectivity index (χ1n) is 8.75. The van der Waals surface area contributed by atoms with Gasteiger partial charge < -0.3 is 19.5 Å². The summed E-state index contributed by atoms with van der Waals surface area (Å²) in [7, 11) is 3.07. The predicted molar refractivity (Wildman–Crippen MR) is 111 cm³/mol. The van der Waals surface area contributed by atoms with E-state index in [0.29, 0.717) is 33.5 Å². The lowest BCUT2D eigenvalue weighted by Crippen LogP contribution is -2.24. The Morgan fingerprint density at radius 2 is 1.93 bits per heavy atom. The molecule has 0 saturated heterocycles. The van der Waals surface area contributed by atoms with Gasteiger partial charge in [-0.25, -0.2) is 10.2 Å². The molecule has 0 saturated carbocycles. The fourth-order valence-electron chi connectivity index (χ4n) is 2.28. The maximum Gasteiger partial charge on any atom is 0.339 e. The Balaban J connectivity index is 2.05. The normalized spacial score (nSPS) is 11.8. The van der Waals surface area contributed by atoms with Gasteiger partial charge in [0.1, 0.15) is 5.75 Å². The molecular formula is C20H24ClN3O4. The van der Waals surface area contributed by atoms with E-state index >= 15 is 0 Å². The van der Waals surface area contributed by atoms with Crippen LogP contribution in [-0.4, -0.2) is 32.6 Å². The standard InChI is InChI=1S/C20H24ClN3O4/c1-5-13(2)28-19-15(21)10-14(11-18(19)27-4)12-22-24-20(25)23-16-8-6-7-9-17(16)26-3/h6-13H,5H2,1-4H3,(H2,23,24,25). The summed E-state index contributed by atoms with van der Waals surface area (Å²) in [5.74, 6) is 1.53. The number of nitrogens with zero attached hydrogens (tertiary/aromatic N) is 1. The van der Waals surface area contributed by atoms with Gasteiger partial charge in [-0.1, -0.05) is 30.7 Å². The minimum atomic E-state index is -0.504. The quantitative estimate of drug-likeness (QED) is 0.493. The van der Waals surface area contributed by atoms with Crippen LogP contribution < -0.4 is 25.0 Å². The lowest BCUT2D eigenvalue weighted by atomic mass is 10.2. The molecule has 0 radical (unpaired) electrons. The number of hydrazone groups is 1. The summed E-state index contributed by atoms with van der Waals surface area (Å²) in [5, 5.41) is 7.00. The first-order valence-corrected chi connectivity index (χ1v) is 9.13. The molecule has 28 heavy (non-hydrogen) atoms. The van der Waals surface area contributed by atoms with Crippen molar-refractivity contribution < 1.29 is 19.0 Å². The molecule has 0 spiro atoms. The number of nitrogens with one attached hydrogen (secondary N) is 2. The van der Waals surface area contributed by atoms with Crippen LogP contribution in [0.5, 0.6) is 17.2 Å². The van der Waals surface area contributed by atoms with Crippen LogP contribution in [-0.2, 0) is 0 Å². The van der Waals surface area contributed by atoms with Gasteiger partial charge >= 0.3 is 6.03 Å². The Bertz CT molecular complexity index is 842. The highest BCUT2D eigenvalue weighted by Crippen LogP contribution is 2.37. The molecule has 7 nitrogen and oxygen atoms in total. The summed E-state index contributed by atoms with van der Waals surface area (Å²) in [6.45, 7) is 3.98. The van der Waals surface area contributed by atoms with Gasteiger partial charge in [0.05, 0.1) is 37.2 Å².